The molecule has 38 heavy (non-hydrogen) atoms. The first kappa shape index (κ1) is 26.7. The fourth-order valence-electron chi connectivity index (χ4n) is 6.76. The molecule has 2 unspecified atom stereocenters. The van der Waals surface area contributed by atoms with Gasteiger partial charge in [-0.05, 0) is 56.4 Å². The van der Waals surface area contributed by atoms with Gasteiger partial charge in [0.2, 0.25) is 17.7 Å². The quantitative estimate of drug-likeness (QED) is 0.493. The first-order valence-corrected chi connectivity index (χ1v) is 13.5. The van der Waals surface area contributed by atoms with Gasteiger partial charge in [-0.25, -0.2) is 0 Å². The highest BCUT2D eigenvalue weighted by Gasteiger charge is 2.78. The molecule has 2 bridgehead atoms. The number of aliphatic hydroxyl groups is 1. The van der Waals surface area contributed by atoms with Crippen LogP contribution in [0.5, 0.6) is 0 Å². The van der Waals surface area contributed by atoms with Crippen molar-refractivity contribution in [3.05, 3.63) is 59.1 Å². The average Bonchev–Trinajstić information content (AvgIpc) is 3.43. The lowest BCUT2D eigenvalue weighted by atomic mass is 9.66. The van der Waals surface area contributed by atoms with Crippen molar-refractivity contribution in [2.24, 2.45) is 17.8 Å². The number of likely N-dealkylation sites (tertiary alicyclic amines) is 1. The third kappa shape index (κ3) is 4.01. The monoisotopic (exact) mass is 539 g/mol. The summed E-state index contributed by atoms with van der Waals surface area (Å²) in [4.78, 5) is 43.5. The fourth-order valence-corrected chi connectivity index (χ4v) is 7.03. The normalized spacial score (nSPS) is 30.4. The molecule has 0 saturated carbocycles. The van der Waals surface area contributed by atoms with E-state index in [1.54, 1.807) is 24.3 Å². The lowest BCUT2D eigenvalue weighted by Gasteiger charge is -2.38. The second kappa shape index (κ2) is 9.67. The number of amides is 3. The summed E-state index contributed by atoms with van der Waals surface area (Å²) in [5.41, 5.74) is -0.238. The van der Waals surface area contributed by atoms with Crippen LogP contribution < -0.4 is 10.6 Å². The average molecular weight is 540 g/mol. The number of benzene rings is 2. The molecule has 202 valence electrons. The Kier molecular flexibility index (Phi) is 6.78. The van der Waals surface area contributed by atoms with E-state index in [4.69, 9.17) is 16.3 Å². The molecule has 1 spiro atoms. The number of nitrogens with one attached hydrogen (secondary N) is 2. The maximum absolute atomic E-state index is 14.2. The third-order valence-corrected chi connectivity index (χ3v) is 8.89. The van der Waals surface area contributed by atoms with Gasteiger partial charge in [0.15, 0.2) is 0 Å². The fraction of sp³-hybridized carbons (Fsp3) is 0.483. The minimum atomic E-state index is -1.20. The van der Waals surface area contributed by atoms with Gasteiger partial charge in [0.1, 0.15) is 11.6 Å². The molecular weight excluding hydrogens is 506 g/mol. The molecule has 0 aromatic heterocycles. The van der Waals surface area contributed by atoms with Gasteiger partial charge in [-0.2, -0.15) is 0 Å². The summed E-state index contributed by atoms with van der Waals surface area (Å²) in [5.74, 6) is -2.89. The molecule has 0 radical (unpaired) electrons. The first-order chi connectivity index (χ1) is 18.0. The molecule has 9 heteroatoms. The Morgan fingerprint density at radius 1 is 1.11 bits per heavy atom. The van der Waals surface area contributed by atoms with Gasteiger partial charge in [0.25, 0.3) is 0 Å². The van der Waals surface area contributed by atoms with E-state index in [-0.39, 0.29) is 24.3 Å². The zero-order valence-corrected chi connectivity index (χ0v) is 22.8. The van der Waals surface area contributed by atoms with E-state index in [0.29, 0.717) is 29.2 Å². The van der Waals surface area contributed by atoms with Crippen LogP contribution in [-0.4, -0.2) is 57.6 Å². The number of carbonyl (C=O) groups excluding carboxylic acids is 3. The van der Waals surface area contributed by atoms with E-state index in [2.05, 4.69) is 10.6 Å². The highest BCUT2D eigenvalue weighted by Crippen LogP contribution is 2.63. The second-order valence-corrected chi connectivity index (χ2v) is 11.7. The molecule has 3 aliphatic rings. The van der Waals surface area contributed by atoms with Crippen LogP contribution in [0.2, 0.25) is 5.02 Å². The molecule has 0 aliphatic carbocycles. The number of nitrogens with zero attached hydrogens (tertiary/aromatic N) is 1. The maximum Gasteiger partial charge on any atom is 0.250 e. The standard InChI is InChI=1S/C29H34ClN3O5/c1-16(2)20(15-34)33-24(26(36)32-23-17(3)9-8-12-19(23)30)29-14-13-28(4,38-29)21(22(29)27(33)37)25(35)31-18-10-6-5-7-11-18/h5-12,16,20-22,24,34H,13-15H2,1-4H3,(H,31,35)(H,32,36)/t20-,21+,22-,24?,28-,29?/m0/s1. The number of aryl methyl sites for hydroxylation is 1. The summed E-state index contributed by atoms with van der Waals surface area (Å²) in [6.07, 6.45) is 0.971. The van der Waals surface area contributed by atoms with E-state index in [1.807, 2.05) is 52.0 Å². The molecule has 5 rings (SSSR count). The minimum Gasteiger partial charge on any atom is -0.394 e. The molecule has 3 aliphatic heterocycles. The zero-order valence-electron chi connectivity index (χ0n) is 22.0. The SMILES string of the molecule is Cc1cccc(Cl)c1NC(=O)C1N([C@@H](CO)C(C)C)C(=O)[C@@H]2[C@H](C(=O)Nc3ccccc3)[C@]3(C)CCC12O3. The Morgan fingerprint density at radius 2 is 1.82 bits per heavy atom. The molecule has 3 saturated heterocycles. The van der Waals surface area contributed by atoms with Crippen molar-refractivity contribution in [3.8, 4) is 0 Å². The van der Waals surface area contributed by atoms with Crippen LogP contribution in [0.15, 0.2) is 48.5 Å². The summed E-state index contributed by atoms with van der Waals surface area (Å²) in [5, 5.41) is 16.6. The van der Waals surface area contributed by atoms with Gasteiger partial charge in [0, 0.05) is 5.69 Å². The summed E-state index contributed by atoms with van der Waals surface area (Å²) >= 11 is 6.42. The van der Waals surface area contributed by atoms with Crippen LogP contribution in [0.1, 0.15) is 39.2 Å². The number of fused-ring (bicyclic) bond motifs is 1. The Balaban J connectivity index is 1.57. The number of hydrogen-bond acceptors (Lipinski definition) is 5. The summed E-state index contributed by atoms with van der Waals surface area (Å²) in [6.45, 7) is 7.16. The van der Waals surface area contributed by atoms with E-state index >= 15 is 0 Å². The maximum atomic E-state index is 14.2. The number of rotatable bonds is 7. The van der Waals surface area contributed by atoms with E-state index in [1.165, 1.54) is 4.90 Å². The smallest absolute Gasteiger partial charge is 0.250 e. The van der Waals surface area contributed by atoms with Gasteiger partial charge >= 0.3 is 0 Å². The van der Waals surface area contributed by atoms with Gasteiger partial charge in [0.05, 0.1) is 40.8 Å². The van der Waals surface area contributed by atoms with Crippen LogP contribution in [0.4, 0.5) is 11.4 Å². The van der Waals surface area contributed by atoms with Gasteiger partial charge in [-0.3, -0.25) is 14.4 Å². The molecular formula is C29H34ClN3O5. The number of carbonyl (C=O) groups is 3. The van der Waals surface area contributed by atoms with Crippen LogP contribution in [-0.2, 0) is 19.1 Å². The predicted octanol–water partition coefficient (Wildman–Crippen LogP) is 4.01. The zero-order chi connectivity index (χ0) is 27.4. The van der Waals surface area contributed by atoms with Crippen molar-refractivity contribution in [3.63, 3.8) is 0 Å². The summed E-state index contributed by atoms with van der Waals surface area (Å²) in [7, 11) is 0. The predicted molar refractivity (Wildman–Crippen MR) is 145 cm³/mol. The third-order valence-electron chi connectivity index (χ3n) is 8.57. The molecule has 8 nitrogen and oxygen atoms in total. The van der Waals surface area contributed by atoms with Crippen molar-refractivity contribution in [2.45, 2.75) is 63.8 Å². The van der Waals surface area contributed by atoms with Crippen molar-refractivity contribution in [1.29, 1.82) is 0 Å². The van der Waals surface area contributed by atoms with Gasteiger partial charge in [-0.1, -0.05) is 55.8 Å². The van der Waals surface area contributed by atoms with Crippen molar-refractivity contribution < 1.29 is 24.2 Å². The largest absolute Gasteiger partial charge is 0.394 e. The van der Waals surface area contributed by atoms with E-state index in [9.17, 15) is 19.5 Å². The van der Waals surface area contributed by atoms with Crippen LogP contribution in [0.3, 0.4) is 0 Å². The van der Waals surface area contributed by atoms with Crippen LogP contribution >= 0.6 is 11.6 Å². The Bertz CT molecular complexity index is 1250. The first-order valence-electron chi connectivity index (χ1n) is 13.1. The molecule has 2 aromatic carbocycles. The van der Waals surface area contributed by atoms with Gasteiger partial charge < -0.3 is 25.4 Å². The lowest BCUT2D eigenvalue weighted by molar-refractivity contribution is -0.148. The van der Waals surface area contributed by atoms with Crippen LogP contribution in [0, 0.1) is 24.7 Å². The van der Waals surface area contributed by atoms with Crippen molar-refractivity contribution in [2.75, 3.05) is 17.2 Å². The summed E-state index contributed by atoms with van der Waals surface area (Å²) < 4.78 is 6.65. The minimum absolute atomic E-state index is 0.138. The Morgan fingerprint density at radius 3 is 2.45 bits per heavy atom. The Hall–Kier alpha value is -2.94. The highest BCUT2D eigenvalue weighted by molar-refractivity contribution is 6.34. The van der Waals surface area contributed by atoms with Crippen molar-refractivity contribution >= 4 is 40.7 Å². The molecule has 2 aromatic rings. The second-order valence-electron chi connectivity index (χ2n) is 11.2. The number of halogens is 1. The highest BCUT2D eigenvalue weighted by atomic mass is 35.5. The molecule has 6 atom stereocenters. The number of anilines is 2. The summed E-state index contributed by atoms with van der Waals surface area (Å²) in [6, 6.07) is 12.7. The lowest BCUT2D eigenvalue weighted by Crippen LogP contribution is -2.57. The number of para-hydroxylation sites is 2. The van der Waals surface area contributed by atoms with Gasteiger partial charge in [-0.15, -0.1) is 0 Å². The number of hydrogen-bond donors (Lipinski definition) is 3. The molecule has 3 heterocycles. The topological polar surface area (TPSA) is 108 Å². The Labute approximate surface area is 227 Å². The molecule has 3 amide bonds. The van der Waals surface area contributed by atoms with E-state index in [0.717, 1.165) is 5.56 Å². The number of aliphatic hydroxyl groups excluding tert-OH is 1. The molecule has 3 N–H and O–H groups in total. The van der Waals surface area contributed by atoms with Crippen molar-refractivity contribution in [1.82, 2.24) is 4.90 Å². The van der Waals surface area contributed by atoms with Crippen LogP contribution in [0.25, 0.3) is 0 Å². The number of ether oxygens (including phenoxy) is 1. The molecule has 3 fully saturated rings. The van der Waals surface area contributed by atoms with E-state index < -0.39 is 41.0 Å².